The van der Waals surface area contributed by atoms with E-state index in [1.807, 2.05) is 37.2 Å². The highest BCUT2D eigenvalue weighted by atomic mass is 35.5. The Morgan fingerprint density at radius 1 is 1.12 bits per heavy atom. The number of likely N-dealkylation sites (N-methyl/N-ethyl adjacent to an activating group) is 1. The second kappa shape index (κ2) is 7.98. The van der Waals surface area contributed by atoms with Crippen LogP contribution in [0.2, 0.25) is 5.02 Å². The van der Waals surface area contributed by atoms with Gasteiger partial charge in [0.2, 0.25) is 10.0 Å². The standard InChI is InChI=1S/C17H21ClN2O3S/c1-20(2)15(13-8-4-5-9-14(13)18)12-19-24(21,22)17-11-7-6-10-16(17)23-3/h4-11,15,19H,12H2,1-3H3. The van der Waals surface area contributed by atoms with E-state index >= 15 is 0 Å². The summed E-state index contributed by atoms with van der Waals surface area (Å²) in [7, 11) is 1.51. The third-order valence-electron chi connectivity index (χ3n) is 3.71. The fourth-order valence-electron chi connectivity index (χ4n) is 2.42. The third kappa shape index (κ3) is 4.27. The van der Waals surface area contributed by atoms with Gasteiger partial charge in [-0.15, -0.1) is 0 Å². The van der Waals surface area contributed by atoms with Crippen LogP contribution in [-0.2, 0) is 10.0 Å². The first-order chi connectivity index (χ1) is 11.4. The van der Waals surface area contributed by atoms with Gasteiger partial charge in [-0.25, -0.2) is 13.1 Å². The summed E-state index contributed by atoms with van der Waals surface area (Å²) in [4.78, 5) is 2.04. The van der Waals surface area contributed by atoms with Crippen molar-refractivity contribution in [3.63, 3.8) is 0 Å². The Hall–Kier alpha value is -1.60. The maximum atomic E-state index is 12.6. The number of ether oxygens (including phenoxy) is 1. The van der Waals surface area contributed by atoms with Gasteiger partial charge in [-0.05, 0) is 37.9 Å². The summed E-state index contributed by atoms with van der Waals surface area (Å²) in [6.45, 7) is 0.192. The second-order valence-corrected chi connectivity index (χ2v) is 7.65. The molecular weight excluding hydrogens is 348 g/mol. The van der Waals surface area contributed by atoms with Crippen LogP contribution in [0.4, 0.5) is 0 Å². The number of methoxy groups -OCH3 is 1. The molecule has 7 heteroatoms. The molecule has 1 atom stereocenters. The van der Waals surface area contributed by atoms with Crippen molar-refractivity contribution in [2.45, 2.75) is 10.9 Å². The van der Waals surface area contributed by atoms with Crippen LogP contribution in [0.1, 0.15) is 11.6 Å². The fourth-order valence-corrected chi connectivity index (χ4v) is 3.89. The van der Waals surface area contributed by atoms with Crippen molar-refractivity contribution < 1.29 is 13.2 Å². The number of sulfonamides is 1. The number of halogens is 1. The molecule has 0 heterocycles. The topological polar surface area (TPSA) is 58.6 Å². The van der Waals surface area contributed by atoms with Gasteiger partial charge in [-0.2, -0.15) is 0 Å². The van der Waals surface area contributed by atoms with Crippen molar-refractivity contribution in [2.75, 3.05) is 27.7 Å². The fraction of sp³-hybridized carbons (Fsp3) is 0.294. The summed E-state index contributed by atoms with van der Waals surface area (Å²) in [5.74, 6) is 0.309. The smallest absolute Gasteiger partial charge is 0.244 e. The van der Waals surface area contributed by atoms with E-state index in [4.69, 9.17) is 16.3 Å². The van der Waals surface area contributed by atoms with Gasteiger partial charge in [-0.1, -0.05) is 41.9 Å². The van der Waals surface area contributed by atoms with Crippen molar-refractivity contribution in [2.24, 2.45) is 0 Å². The lowest BCUT2D eigenvalue weighted by Gasteiger charge is -2.26. The highest BCUT2D eigenvalue weighted by molar-refractivity contribution is 7.89. The molecule has 1 unspecified atom stereocenters. The Bertz CT molecular complexity index is 794. The Labute approximate surface area is 148 Å². The molecular formula is C17H21ClN2O3S. The molecule has 5 nitrogen and oxygen atoms in total. The first-order valence-corrected chi connectivity index (χ1v) is 9.26. The van der Waals surface area contributed by atoms with Gasteiger partial charge in [0, 0.05) is 17.6 Å². The van der Waals surface area contributed by atoms with E-state index in [-0.39, 0.29) is 17.5 Å². The van der Waals surface area contributed by atoms with E-state index < -0.39 is 10.0 Å². The largest absolute Gasteiger partial charge is 0.495 e. The van der Waals surface area contributed by atoms with E-state index in [0.717, 1.165) is 5.56 Å². The minimum atomic E-state index is -3.70. The van der Waals surface area contributed by atoms with Gasteiger partial charge in [0.05, 0.1) is 7.11 Å². The van der Waals surface area contributed by atoms with Crippen LogP contribution in [0, 0.1) is 0 Å². The number of hydrogen-bond donors (Lipinski definition) is 1. The molecule has 2 rings (SSSR count). The number of hydrogen-bond acceptors (Lipinski definition) is 4. The zero-order valence-corrected chi connectivity index (χ0v) is 15.4. The summed E-state index contributed by atoms with van der Waals surface area (Å²) in [5, 5.41) is 0.604. The number of nitrogens with zero attached hydrogens (tertiary/aromatic N) is 1. The number of para-hydroxylation sites is 1. The monoisotopic (exact) mass is 368 g/mol. The van der Waals surface area contributed by atoms with Crippen LogP contribution in [-0.4, -0.2) is 41.1 Å². The van der Waals surface area contributed by atoms with Crippen LogP contribution < -0.4 is 9.46 Å². The van der Waals surface area contributed by atoms with Gasteiger partial charge in [0.15, 0.2) is 0 Å². The van der Waals surface area contributed by atoms with Crippen LogP contribution in [0.3, 0.4) is 0 Å². The van der Waals surface area contributed by atoms with Gasteiger partial charge in [-0.3, -0.25) is 0 Å². The highest BCUT2D eigenvalue weighted by Crippen LogP contribution is 2.27. The Balaban J connectivity index is 2.25. The molecule has 0 saturated heterocycles. The van der Waals surface area contributed by atoms with Crippen LogP contribution >= 0.6 is 11.6 Å². The Morgan fingerprint density at radius 3 is 2.38 bits per heavy atom. The normalized spacial score (nSPS) is 13.0. The molecule has 2 aromatic carbocycles. The molecule has 0 amide bonds. The average Bonchev–Trinajstić information content (AvgIpc) is 2.56. The first kappa shape index (κ1) is 18.7. The second-order valence-electron chi connectivity index (χ2n) is 5.50. The van der Waals surface area contributed by atoms with Gasteiger partial charge in [0.1, 0.15) is 10.6 Å². The van der Waals surface area contributed by atoms with Crippen molar-refractivity contribution in [1.82, 2.24) is 9.62 Å². The maximum Gasteiger partial charge on any atom is 0.244 e. The Kier molecular flexibility index (Phi) is 6.23. The molecule has 2 aromatic rings. The highest BCUT2D eigenvalue weighted by Gasteiger charge is 2.23. The Morgan fingerprint density at radius 2 is 1.75 bits per heavy atom. The molecule has 0 fully saturated rings. The maximum absolute atomic E-state index is 12.6. The van der Waals surface area contributed by atoms with Crippen LogP contribution in [0.25, 0.3) is 0 Å². The summed E-state index contributed by atoms with van der Waals surface area (Å²) in [5.41, 5.74) is 0.867. The summed E-state index contributed by atoms with van der Waals surface area (Å²) < 4.78 is 33.0. The number of rotatable bonds is 7. The van der Waals surface area contributed by atoms with Crippen LogP contribution in [0.15, 0.2) is 53.4 Å². The summed E-state index contributed by atoms with van der Waals surface area (Å²) in [6.07, 6.45) is 0. The molecule has 0 aliphatic rings. The number of nitrogens with one attached hydrogen (secondary N) is 1. The zero-order valence-electron chi connectivity index (χ0n) is 13.9. The SMILES string of the molecule is COc1ccccc1S(=O)(=O)NCC(c1ccccc1Cl)N(C)C. The van der Waals surface area contributed by atoms with Crippen molar-refractivity contribution in [1.29, 1.82) is 0 Å². The minimum Gasteiger partial charge on any atom is -0.495 e. The first-order valence-electron chi connectivity index (χ1n) is 7.40. The van der Waals surface area contributed by atoms with Crippen molar-refractivity contribution >= 4 is 21.6 Å². The van der Waals surface area contributed by atoms with Gasteiger partial charge < -0.3 is 9.64 Å². The minimum absolute atomic E-state index is 0.115. The third-order valence-corrected chi connectivity index (χ3v) is 5.52. The lowest BCUT2D eigenvalue weighted by Crippen LogP contribution is -2.34. The molecule has 0 aliphatic carbocycles. The molecule has 0 radical (unpaired) electrons. The lowest BCUT2D eigenvalue weighted by atomic mass is 10.1. The molecule has 0 aromatic heterocycles. The van der Waals surface area contributed by atoms with E-state index in [1.54, 1.807) is 24.3 Å². The lowest BCUT2D eigenvalue weighted by molar-refractivity contribution is 0.299. The molecule has 0 spiro atoms. The molecule has 0 aliphatic heterocycles. The summed E-state index contributed by atoms with van der Waals surface area (Å²) >= 11 is 6.25. The molecule has 1 N–H and O–H groups in total. The van der Waals surface area contributed by atoms with Gasteiger partial charge in [0.25, 0.3) is 0 Å². The van der Waals surface area contributed by atoms with E-state index in [2.05, 4.69) is 4.72 Å². The van der Waals surface area contributed by atoms with Crippen LogP contribution in [0.5, 0.6) is 5.75 Å². The van der Waals surface area contributed by atoms with Crippen molar-refractivity contribution in [3.05, 3.63) is 59.1 Å². The molecule has 0 saturated carbocycles. The quantitative estimate of drug-likeness (QED) is 0.816. The van der Waals surface area contributed by atoms with E-state index in [0.29, 0.717) is 10.8 Å². The number of benzene rings is 2. The predicted octanol–water partition coefficient (Wildman–Crippen LogP) is 2.93. The molecule has 0 bridgehead atoms. The predicted molar refractivity (Wildman–Crippen MR) is 96.1 cm³/mol. The average molecular weight is 369 g/mol. The van der Waals surface area contributed by atoms with Gasteiger partial charge >= 0.3 is 0 Å². The van der Waals surface area contributed by atoms with E-state index in [9.17, 15) is 8.42 Å². The molecule has 130 valence electrons. The van der Waals surface area contributed by atoms with Crippen molar-refractivity contribution in [3.8, 4) is 5.75 Å². The zero-order chi connectivity index (χ0) is 17.7. The summed E-state index contributed by atoms with van der Waals surface area (Å²) in [6, 6.07) is 13.7. The van der Waals surface area contributed by atoms with E-state index in [1.165, 1.54) is 13.2 Å². The molecule has 24 heavy (non-hydrogen) atoms.